The minimum Gasteiger partial charge on any atom is -0.497 e. The third kappa shape index (κ3) is 5.23. The standard InChI is InChI=1S/C18H25NO5/c1-3-23-17(20)9-10-19(13-16-8-5-11-24-16)18(21)14-6-4-7-15(12-14)22-2/h4,6-7,12,16H,3,5,8-11,13H2,1-2H3. The van der Waals surface area contributed by atoms with Crippen molar-refractivity contribution in [3.05, 3.63) is 29.8 Å². The summed E-state index contributed by atoms with van der Waals surface area (Å²) in [4.78, 5) is 26.1. The molecule has 1 unspecified atom stereocenters. The first kappa shape index (κ1) is 18.3. The van der Waals surface area contributed by atoms with E-state index in [0.29, 0.717) is 31.0 Å². The first-order valence-electron chi connectivity index (χ1n) is 8.34. The lowest BCUT2D eigenvalue weighted by molar-refractivity contribution is -0.143. The second-order valence-corrected chi connectivity index (χ2v) is 5.67. The first-order chi connectivity index (χ1) is 11.6. The molecule has 1 aliphatic rings. The van der Waals surface area contributed by atoms with E-state index >= 15 is 0 Å². The van der Waals surface area contributed by atoms with Crippen LogP contribution in [-0.2, 0) is 14.3 Å². The van der Waals surface area contributed by atoms with Crippen LogP contribution in [-0.4, -0.2) is 56.3 Å². The molecule has 6 heteroatoms. The van der Waals surface area contributed by atoms with Gasteiger partial charge in [-0.3, -0.25) is 9.59 Å². The summed E-state index contributed by atoms with van der Waals surface area (Å²) in [5.41, 5.74) is 0.538. The van der Waals surface area contributed by atoms with Crippen molar-refractivity contribution in [2.24, 2.45) is 0 Å². The second-order valence-electron chi connectivity index (χ2n) is 5.67. The summed E-state index contributed by atoms with van der Waals surface area (Å²) in [6.07, 6.45) is 2.14. The van der Waals surface area contributed by atoms with Crippen LogP contribution in [0.25, 0.3) is 0 Å². The number of ether oxygens (including phenoxy) is 3. The third-order valence-electron chi connectivity index (χ3n) is 3.94. The maximum absolute atomic E-state index is 12.8. The highest BCUT2D eigenvalue weighted by Crippen LogP contribution is 2.18. The molecule has 1 amide bonds. The van der Waals surface area contributed by atoms with Crippen molar-refractivity contribution >= 4 is 11.9 Å². The lowest BCUT2D eigenvalue weighted by atomic mass is 10.1. The largest absolute Gasteiger partial charge is 0.497 e. The number of nitrogens with zero attached hydrogens (tertiary/aromatic N) is 1. The lowest BCUT2D eigenvalue weighted by Gasteiger charge is -2.25. The number of esters is 1. The van der Waals surface area contributed by atoms with Crippen LogP contribution in [0.5, 0.6) is 5.75 Å². The van der Waals surface area contributed by atoms with Crippen LogP contribution in [0.15, 0.2) is 24.3 Å². The Morgan fingerprint density at radius 3 is 2.88 bits per heavy atom. The average Bonchev–Trinajstić information content (AvgIpc) is 3.11. The molecule has 1 aromatic rings. The van der Waals surface area contributed by atoms with Gasteiger partial charge >= 0.3 is 5.97 Å². The minimum absolute atomic E-state index is 0.0294. The van der Waals surface area contributed by atoms with Gasteiger partial charge in [-0.25, -0.2) is 0 Å². The fourth-order valence-corrected chi connectivity index (χ4v) is 2.71. The minimum atomic E-state index is -0.298. The van der Waals surface area contributed by atoms with Gasteiger partial charge in [0.1, 0.15) is 5.75 Å². The van der Waals surface area contributed by atoms with E-state index in [9.17, 15) is 9.59 Å². The fraction of sp³-hybridized carbons (Fsp3) is 0.556. The van der Waals surface area contributed by atoms with Gasteiger partial charge in [0.2, 0.25) is 0 Å². The molecule has 1 atom stereocenters. The Hall–Kier alpha value is -2.08. The van der Waals surface area contributed by atoms with Crippen molar-refractivity contribution < 1.29 is 23.8 Å². The highest BCUT2D eigenvalue weighted by atomic mass is 16.5. The van der Waals surface area contributed by atoms with Crippen LogP contribution in [0.3, 0.4) is 0 Å². The number of benzene rings is 1. The van der Waals surface area contributed by atoms with E-state index in [1.807, 2.05) is 0 Å². The molecule has 6 nitrogen and oxygen atoms in total. The molecular weight excluding hydrogens is 310 g/mol. The molecule has 24 heavy (non-hydrogen) atoms. The van der Waals surface area contributed by atoms with Gasteiger partial charge in [0.05, 0.1) is 26.2 Å². The summed E-state index contributed by atoms with van der Waals surface area (Å²) in [7, 11) is 1.56. The summed E-state index contributed by atoms with van der Waals surface area (Å²) in [5, 5.41) is 0. The van der Waals surface area contributed by atoms with Crippen molar-refractivity contribution in [1.82, 2.24) is 4.90 Å². The molecule has 1 saturated heterocycles. The van der Waals surface area contributed by atoms with Gasteiger partial charge in [-0.05, 0) is 38.0 Å². The molecule has 0 aromatic heterocycles. The zero-order chi connectivity index (χ0) is 17.4. The van der Waals surface area contributed by atoms with Crippen molar-refractivity contribution in [3.63, 3.8) is 0 Å². The Bertz CT molecular complexity index is 554. The van der Waals surface area contributed by atoms with Crippen LogP contribution in [0.4, 0.5) is 0 Å². The molecule has 0 bridgehead atoms. The number of hydrogen-bond acceptors (Lipinski definition) is 5. The maximum atomic E-state index is 12.8. The normalized spacial score (nSPS) is 16.7. The quantitative estimate of drug-likeness (QED) is 0.682. The highest BCUT2D eigenvalue weighted by molar-refractivity contribution is 5.94. The van der Waals surface area contributed by atoms with Gasteiger partial charge in [0.25, 0.3) is 5.91 Å². The summed E-state index contributed by atoms with van der Waals surface area (Å²) in [5.74, 6) is 0.199. The first-order valence-corrected chi connectivity index (χ1v) is 8.34. The number of carbonyl (C=O) groups is 2. The second kappa shape index (κ2) is 9.27. The highest BCUT2D eigenvalue weighted by Gasteiger charge is 2.24. The topological polar surface area (TPSA) is 65.1 Å². The number of amides is 1. The monoisotopic (exact) mass is 335 g/mol. The molecule has 132 valence electrons. The smallest absolute Gasteiger partial charge is 0.307 e. The summed E-state index contributed by atoms with van der Waals surface area (Å²) in [6.45, 7) is 3.63. The maximum Gasteiger partial charge on any atom is 0.307 e. The summed E-state index contributed by atoms with van der Waals surface area (Å²) >= 11 is 0. The fourth-order valence-electron chi connectivity index (χ4n) is 2.71. The number of rotatable bonds is 8. The molecule has 0 saturated carbocycles. The van der Waals surface area contributed by atoms with Crippen molar-refractivity contribution in [2.45, 2.75) is 32.3 Å². The Morgan fingerprint density at radius 2 is 2.21 bits per heavy atom. The van der Waals surface area contributed by atoms with Gasteiger partial charge in [-0.1, -0.05) is 6.07 Å². The van der Waals surface area contributed by atoms with E-state index in [0.717, 1.165) is 19.4 Å². The SMILES string of the molecule is CCOC(=O)CCN(CC1CCCO1)C(=O)c1cccc(OC)c1. The molecule has 0 aliphatic carbocycles. The molecule has 1 fully saturated rings. The van der Waals surface area contributed by atoms with Crippen LogP contribution >= 0.6 is 0 Å². The molecule has 1 aromatic carbocycles. The Morgan fingerprint density at radius 1 is 1.38 bits per heavy atom. The van der Waals surface area contributed by atoms with Crippen molar-refractivity contribution in [1.29, 1.82) is 0 Å². The number of methoxy groups -OCH3 is 1. The van der Waals surface area contributed by atoms with E-state index in [1.165, 1.54) is 0 Å². The van der Waals surface area contributed by atoms with Crippen molar-refractivity contribution in [3.8, 4) is 5.75 Å². The van der Waals surface area contributed by atoms with Gasteiger partial charge in [0.15, 0.2) is 0 Å². The third-order valence-corrected chi connectivity index (χ3v) is 3.94. The zero-order valence-corrected chi connectivity index (χ0v) is 14.3. The van der Waals surface area contributed by atoms with Crippen LogP contribution in [0, 0.1) is 0 Å². The van der Waals surface area contributed by atoms with E-state index < -0.39 is 0 Å². The molecule has 0 N–H and O–H groups in total. The lowest BCUT2D eigenvalue weighted by Crippen LogP contribution is -2.39. The predicted octanol–water partition coefficient (Wildman–Crippen LogP) is 2.27. The summed E-state index contributed by atoms with van der Waals surface area (Å²) < 4.78 is 15.8. The van der Waals surface area contributed by atoms with Crippen LogP contribution in [0.1, 0.15) is 36.5 Å². The molecule has 2 rings (SSSR count). The van der Waals surface area contributed by atoms with E-state index in [1.54, 1.807) is 43.2 Å². The zero-order valence-electron chi connectivity index (χ0n) is 14.3. The van der Waals surface area contributed by atoms with Gasteiger partial charge in [0, 0.05) is 25.3 Å². The van der Waals surface area contributed by atoms with Crippen molar-refractivity contribution in [2.75, 3.05) is 33.4 Å². The number of carbonyl (C=O) groups excluding carboxylic acids is 2. The summed E-state index contributed by atoms with van der Waals surface area (Å²) in [6, 6.07) is 7.02. The van der Waals surface area contributed by atoms with Crippen LogP contribution < -0.4 is 4.74 Å². The van der Waals surface area contributed by atoms with Gasteiger partial charge in [-0.15, -0.1) is 0 Å². The Labute approximate surface area is 142 Å². The number of hydrogen-bond donors (Lipinski definition) is 0. The molecule has 0 spiro atoms. The van der Waals surface area contributed by atoms with E-state index in [-0.39, 0.29) is 24.4 Å². The van der Waals surface area contributed by atoms with E-state index in [2.05, 4.69) is 0 Å². The van der Waals surface area contributed by atoms with Gasteiger partial charge in [-0.2, -0.15) is 0 Å². The Balaban J connectivity index is 2.06. The predicted molar refractivity (Wildman–Crippen MR) is 89.1 cm³/mol. The average molecular weight is 335 g/mol. The molecule has 1 heterocycles. The molecular formula is C18H25NO5. The Kier molecular flexibility index (Phi) is 7.06. The van der Waals surface area contributed by atoms with Crippen LogP contribution in [0.2, 0.25) is 0 Å². The van der Waals surface area contributed by atoms with E-state index in [4.69, 9.17) is 14.2 Å². The molecule has 0 radical (unpaired) electrons. The van der Waals surface area contributed by atoms with Gasteiger partial charge < -0.3 is 19.1 Å². The molecule has 1 aliphatic heterocycles.